The summed E-state index contributed by atoms with van der Waals surface area (Å²) in [6.45, 7) is 8.07. The summed E-state index contributed by atoms with van der Waals surface area (Å²) in [7, 11) is 3.62. The molecule has 1 saturated heterocycles. The maximum absolute atomic E-state index is 5.74. The van der Waals surface area contributed by atoms with Crippen molar-refractivity contribution < 1.29 is 9.47 Å². The topological polar surface area (TPSA) is 50.7 Å². The van der Waals surface area contributed by atoms with Gasteiger partial charge in [-0.2, -0.15) is 4.98 Å². The van der Waals surface area contributed by atoms with Crippen molar-refractivity contribution in [2.24, 2.45) is 0 Å². The molecule has 6 nitrogen and oxygen atoms in total. The molecule has 0 aliphatic carbocycles. The highest BCUT2D eigenvalue weighted by molar-refractivity contribution is 5.30. The van der Waals surface area contributed by atoms with Crippen LogP contribution >= 0.6 is 0 Å². The lowest BCUT2D eigenvalue weighted by atomic mass is 10.2. The van der Waals surface area contributed by atoms with Crippen molar-refractivity contribution in [1.82, 2.24) is 14.9 Å². The number of ether oxygens (including phenoxy) is 2. The fourth-order valence-corrected chi connectivity index (χ4v) is 2.49. The van der Waals surface area contributed by atoms with E-state index in [9.17, 15) is 0 Å². The van der Waals surface area contributed by atoms with Crippen LogP contribution in [0.25, 0.3) is 0 Å². The molecule has 1 aliphatic heterocycles. The van der Waals surface area contributed by atoms with Crippen molar-refractivity contribution in [1.29, 1.82) is 0 Å². The maximum Gasteiger partial charge on any atom is 0.228 e. The lowest BCUT2D eigenvalue weighted by Gasteiger charge is -2.36. The Labute approximate surface area is 120 Å². The normalized spacial score (nSPS) is 23.6. The van der Waals surface area contributed by atoms with Gasteiger partial charge in [0.2, 0.25) is 11.8 Å². The van der Waals surface area contributed by atoms with Crippen LogP contribution in [-0.2, 0) is 4.74 Å². The van der Waals surface area contributed by atoms with Crippen LogP contribution in [0.4, 0.5) is 5.95 Å². The molecule has 0 unspecified atom stereocenters. The molecule has 2 heterocycles. The number of morpholine rings is 1. The quantitative estimate of drug-likeness (QED) is 0.803. The molecule has 2 atom stereocenters. The molecule has 1 aromatic rings. The number of anilines is 1. The number of aromatic nitrogens is 2. The minimum absolute atomic E-state index is 0.303. The fraction of sp³-hybridized carbons (Fsp3) is 0.714. The molecule has 1 fully saturated rings. The Bertz CT molecular complexity index is 419. The van der Waals surface area contributed by atoms with E-state index in [1.165, 1.54) is 0 Å². The monoisotopic (exact) mass is 280 g/mol. The number of hydrogen-bond donors (Lipinski definition) is 0. The van der Waals surface area contributed by atoms with Gasteiger partial charge < -0.3 is 14.4 Å². The molecular weight excluding hydrogens is 256 g/mol. The van der Waals surface area contributed by atoms with Crippen molar-refractivity contribution in [2.45, 2.75) is 26.1 Å². The summed E-state index contributed by atoms with van der Waals surface area (Å²) >= 11 is 0. The molecular formula is C14H24N4O2. The molecule has 0 bridgehead atoms. The van der Waals surface area contributed by atoms with Gasteiger partial charge in [-0.3, -0.25) is 4.90 Å². The van der Waals surface area contributed by atoms with Crippen LogP contribution < -0.4 is 9.64 Å². The van der Waals surface area contributed by atoms with E-state index in [1.807, 2.05) is 11.9 Å². The summed E-state index contributed by atoms with van der Waals surface area (Å²) in [6.07, 6.45) is 2.32. The van der Waals surface area contributed by atoms with E-state index in [0.717, 1.165) is 26.2 Å². The van der Waals surface area contributed by atoms with Gasteiger partial charge >= 0.3 is 0 Å². The molecule has 0 radical (unpaired) electrons. The van der Waals surface area contributed by atoms with E-state index in [2.05, 4.69) is 28.7 Å². The first-order valence-corrected chi connectivity index (χ1v) is 7.04. The molecule has 0 amide bonds. The van der Waals surface area contributed by atoms with Crippen LogP contribution in [0.15, 0.2) is 12.3 Å². The Hall–Kier alpha value is -1.40. The molecule has 20 heavy (non-hydrogen) atoms. The minimum Gasteiger partial charge on any atom is -0.481 e. The first-order chi connectivity index (χ1) is 9.58. The molecule has 0 spiro atoms. The summed E-state index contributed by atoms with van der Waals surface area (Å²) in [6, 6.07) is 1.75. The third-order valence-electron chi connectivity index (χ3n) is 3.41. The SMILES string of the molecule is COc1ccnc(N(C)CCN2C[C@@H](C)O[C@@H](C)C2)n1. The predicted octanol–water partition coefficient (Wildman–Crippen LogP) is 1.03. The third-order valence-corrected chi connectivity index (χ3v) is 3.41. The molecule has 0 saturated carbocycles. The Morgan fingerprint density at radius 3 is 2.75 bits per heavy atom. The fourth-order valence-electron chi connectivity index (χ4n) is 2.49. The number of hydrogen-bond acceptors (Lipinski definition) is 6. The zero-order valence-corrected chi connectivity index (χ0v) is 12.7. The number of rotatable bonds is 5. The van der Waals surface area contributed by atoms with Gasteiger partial charge in [-0.05, 0) is 13.8 Å². The average Bonchev–Trinajstić information content (AvgIpc) is 2.44. The van der Waals surface area contributed by atoms with Crippen molar-refractivity contribution in [2.75, 3.05) is 45.2 Å². The third kappa shape index (κ3) is 4.05. The van der Waals surface area contributed by atoms with Crippen LogP contribution in [-0.4, -0.2) is 67.4 Å². The highest BCUT2D eigenvalue weighted by Crippen LogP contribution is 2.13. The first-order valence-electron chi connectivity index (χ1n) is 7.04. The van der Waals surface area contributed by atoms with E-state index in [-0.39, 0.29) is 0 Å². The molecule has 1 aliphatic rings. The second-order valence-corrected chi connectivity index (χ2v) is 5.34. The van der Waals surface area contributed by atoms with E-state index in [4.69, 9.17) is 9.47 Å². The summed E-state index contributed by atoms with van der Waals surface area (Å²) in [5.41, 5.74) is 0. The van der Waals surface area contributed by atoms with Gasteiger partial charge in [0.05, 0.1) is 19.3 Å². The molecule has 0 N–H and O–H groups in total. The second kappa shape index (κ2) is 6.85. The van der Waals surface area contributed by atoms with Gasteiger partial charge in [-0.1, -0.05) is 0 Å². The van der Waals surface area contributed by atoms with Crippen LogP contribution in [0, 0.1) is 0 Å². The first kappa shape index (κ1) is 15.0. The molecule has 1 aromatic heterocycles. The second-order valence-electron chi connectivity index (χ2n) is 5.34. The van der Waals surface area contributed by atoms with Crippen molar-refractivity contribution >= 4 is 5.95 Å². The van der Waals surface area contributed by atoms with Gasteiger partial charge in [-0.15, -0.1) is 0 Å². The summed E-state index contributed by atoms with van der Waals surface area (Å²) < 4.78 is 10.9. The van der Waals surface area contributed by atoms with Crippen LogP contribution in [0.3, 0.4) is 0 Å². The number of methoxy groups -OCH3 is 1. The summed E-state index contributed by atoms with van der Waals surface area (Å²) in [4.78, 5) is 13.1. The Balaban J connectivity index is 1.86. The number of likely N-dealkylation sites (N-methyl/N-ethyl adjacent to an activating group) is 1. The molecule has 0 aromatic carbocycles. The van der Waals surface area contributed by atoms with Crippen molar-refractivity contribution in [3.63, 3.8) is 0 Å². The zero-order valence-electron chi connectivity index (χ0n) is 12.7. The molecule has 112 valence electrons. The van der Waals surface area contributed by atoms with E-state index in [0.29, 0.717) is 24.0 Å². The van der Waals surface area contributed by atoms with E-state index in [1.54, 1.807) is 19.4 Å². The van der Waals surface area contributed by atoms with Crippen LogP contribution in [0.5, 0.6) is 5.88 Å². The Kier molecular flexibility index (Phi) is 5.14. The number of nitrogens with zero attached hydrogens (tertiary/aromatic N) is 4. The van der Waals surface area contributed by atoms with E-state index < -0.39 is 0 Å². The van der Waals surface area contributed by atoms with E-state index >= 15 is 0 Å². The van der Waals surface area contributed by atoms with Crippen LogP contribution in [0.2, 0.25) is 0 Å². The largest absolute Gasteiger partial charge is 0.481 e. The van der Waals surface area contributed by atoms with Gasteiger partial charge in [0.1, 0.15) is 0 Å². The summed E-state index contributed by atoms with van der Waals surface area (Å²) in [5.74, 6) is 1.29. The smallest absolute Gasteiger partial charge is 0.228 e. The predicted molar refractivity (Wildman–Crippen MR) is 78.3 cm³/mol. The zero-order chi connectivity index (χ0) is 14.5. The van der Waals surface area contributed by atoms with Gasteiger partial charge in [0.15, 0.2) is 0 Å². The van der Waals surface area contributed by atoms with Crippen molar-refractivity contribution in [3.8, 4) is 5.88 Å². The van der Waals surface area contributed by atoms with Gasteiger partial charge in [0, 0.05) is 45.5 Å². The Morgan fingerprint density at radius 1 is 1.40 bits per heavy atom. The summed E-state index contributed by atoms with van der Waals surface area (Å²) in [5, 5.41) is 0. The molecule has 6 heteroatoms. The highest BCUT2D eigenvalue weighted by atomic mass is 16.5. The highest BCUT2D eigenvalue weighted by Gasteiger charge is 2.22. The minimum atomic E-state index is 0.303. The lowest BCUT2D eigenvalue weighted by molar-refractivity contribution is -0.0670. The average molecular weight is 280 g/mol. The molecule has 2 rings (SSSR count). The van der Waals surface area contributed by atoms with Gasteiger partial charge in [-0.25, -0.2) is 4.98 Å². The van der Waals surface area contributed by atoms with Crippen molar-refractivity contribution in [3.05, 3.63) is 12.3 Å². The van der Waals surface area contributed by atoms with Gasteiger partial charge in [0.25, 0.3) is 0 Å². The lowest BCUT2D eigenvalue weighted by Crippen LogP contribution is -2.47. The van der Waals surface area contributed by atoms with Crippen LogP contribution in [0.1, 0.15) is 13.8 Å². The standard InChI is InChI=1S/C14H24N4O2/c1-11-9-18(10-12(2)20-11)8-7-17(3)14-15-6-5-13(16-14)19-4/h5-6,11-12H,7-10H2,1-4H3/t11-,12+. The Morgan fingerprint density at radius 2 is 2.10 bits per heavy atom. The maximum atomic E-state index is 5.74.